The number of allylic oxidation sites excluding steroid dienone is 1. The van der Waals surface area contributed by atoms with Crippen molar-refractivity contribution in [1.82, 2.24) is 0 Å². The number of hydrogen-bond donors (Lipinski definition) is 0. The van der Waals surface area contributed by atoms with Gasteiger partial charge in [-0.15, -0.1) is 0 Å². The summed E-state index contributed by atoms with van der Waals surface area (Å²) >= 11 is 0. The zero-order chi connectivity index (χ0) is 13.6. The van der Waals surface area contributed by atoms with Gasteiger partial charge in [-0.2, -0.15) is 0 Å². The van der Waals surface area contributed by atoms with E-state index in [0.717, 1.165) is 31.4 Å². The van der Waals surface area contributed by atoms with Gasteiger partial charge in [-0.05, 0) is 19.3 Å². The van der Waals surface area contributed by atoms with Crippen LogP contribution in [-0.2, 0) is 19.1 Å². The molecule has 0 aliphatic rings. The van der Waals surface area contributed by atoms with Crippen LogP contribution in [0.1, 0.15) is 39.5 Å². The van der Waals surface area contributed by atoms with Crippen molar-refractivity contribution in [3.8, 4) is 0 Å². The average Bonchev–Trinajstić information content (AvgIpc) is 2.36. The maximum absolute atomic E-state index is 11.2. The van der Waals surface area contributed by atoms with Crippen molar-refractivity contribution >= 4 is 11.9 Å². The van der Waals surface area contributed by atoms with Crippen molar-refractivity contribution in [2.24, 2.45) is 0 Å². The zero-order valence-electron chi connectivity index (χ0n) is 11.2. The van der Waals surface area contributed by atoms with E-state index in [0.29, 0.717) is 19.6 Å². The topological polar surface area (TPSA) is 52.6 Å². The lowest BCUT2D eigenvalue weighted by molar-refractivity contribution is -0.140. The predicted molar refractivity (Wildman–Crippen MR) is 70.0 cm³/mol. The minimum Gasteiger partial charge on any atom is -0.463 e. The van der Waals surface area contributed by atoms with Crippen LogP contribution in [0.25, 0.3) is 0 Å². The molecule has 0 aromatic heterocycles. The van der Waals surface area contributed by atoms with Crippen molar-refractivity contribution in [3.63, 3.8) is 0 Å². The van der Waals surface area contributed by atoms with Crippen molar-refractivity contribution in [3.05, 3.63) is 24.3 Å². The second-order valence-electron chi connectivity index (χ2n) is 3.69. The van der Waals surface area contributed by atoms with Crippen LogP contribution in [0.5, 0.6) is 0 Å². The fraction of sp³-hybridized carbons (Fsp3) is 0.571. The normalized spacial score (nSPS) is 11.0. The molecule has 4 nitrogen and oxygen atoms in total. The molecule has 0 rings (SSSR count). The standard InChI is InChI=1S/C14H22O4/c1-3-5-7-8-12-18-14(16)10-9-13(15)17-11-6-4-2/h5,7,9-10H,3-4,6,8,11-12H2,1-2H3/b7-5-,10-9+. The molecule has 0 heterocycles. The summed E-state index contributed by atoms with van der Waals surface area (Å²) in [7, 11) is 0. The highest BCUT2D eigenvalue weighted by Gasteiger charge is 1.99. The van der Waals surface area contributed by atoms with Gasteiger partial charge in [-0.3, -0.25) is 0 Å². The Morgan fingerprint density at radius 2 is 1.56 bits per heavy atom. The molecule has 102 valence electrons. The summed E-state index contributed by atoms with van der Waals surface area (Å²) in [6.07, 6.45) is 9.60. The molecule has 0 aromatic carbocycles. The van der Waals surface area contributed by atoms with Gasteiger partial charge in [0.1, 0.15) is 0 Å². The van der Waals surface area contributed by atoms with E-state index in [1.165, 1.54) is 0 Å². The SMILES string of the molecule is CC/C=C\CCOC(=O)/C=C/C(=O)OCCCC. The molecule has 0 unspecified atom stereocenters. The Morgan fingerprint density at radius 1 is 0.944 bits per heavy atom. The van der Waals surface area contributed by atoms with E-state index in [1.54, 1.807) is 0 Å². The molecule has 0 spiro atoms. The van der Waals surface area contributed by atoms with E-state index in [4.69, 9.17) is 9.47 Å². The molecule has 0 fully saturated rings. The first-order valence-electron chi connectivity index (χ1n) is 6.37. The van der Waals surface area contributed by atoms with Crippen LogP contribution in [0.3, 0.4) is 0 Å². The Bertz CT molecular complexity index is 292. The van der Waals surface area contributed by atoms with Gasteiger partial charge in [-0.25, -0.2) is 9.59 Å². The highest BCUT2D eigenvalue weighted by Crippen LogP contribution is 1.92. The van der Waals surface area contributed by atoms with Gasteiger partial charge in [0, 0.05) is 12.2 Å². The molecule has 0 saturated heterocycles. The first-order chi connectivity index (χ1) is 8.70. The number of esters is 2. The fourth-order valence-electron chi connectivity index (χ4n) is 1.06. The summed E-state index contributed by atoms with van der Waals surface area (Å²) in [6, 6.07) is 0. The highest BCUT2D eigenvalue weighted by atomic mass is 16.5. The summed E-state index contributed by atoms with van der Waals surface area (Å²) in [6.45, 7) is 4.75. The van der Waals surface area contributed by atoms with Crippen molar-refractivity contribution in [1.29, 1.82) is 0 Å². The Kier molecular flexibility index (Phi) is 10.8. The van der Waals surface area contributed by atoms with Crippen molar-refractivity contribution in [2.45, 2.75) is 39.5 Å². The van der Waals surface area contributed by atoms with Gasteiger partial charge in [0.25, 0.3) is 0 Å². The van der Waals surface area contributed by atoms with Crippen LogP contribution in [0.15, 0.2) is 24.3 Å². The first-order valence-corrected chi connectivity index (χ1v) is 6.37. The molecule has 0 aliphatic carbocycles. The zero-order valence-corrected chi connectivity index (χ0v) is 11.2. The van der Waals surface area contributed by atoms with Gasteiger partial charge in [0.2, 0.25) is 0 Å². The molecule has 0 aliphatic heterocycles. The second kappa shape index (κ2) is 11.9. The Hall–Kier alpha value is -1.58. The van der Waals surface area contributed by atoms with E-state index in [-0.39, 0.29) is 0 Å². The molecule has 18 heavy (non-hydrogen) atoms. The number of ether oxygens (including phenoxy) is 2. The number of rotatable bonds is 9. The molecule has 0 aromatic rings. The summed E-state index contributed by atoms with van der Waals surface area (Å²) in [5.74, 6) is -1.03. The molecule has 0 atom stereocenters. The smallest absolute Gasteiger partial charge is 0.331 e. The monoisotopic (exact) mass is 254 g/mol. The molecular weight excluding hydrogens is 232 g/mol. The molecule has 0 amide bonds. The third kappa shape index (κ3) is 10.9. The van der Waals surface area contributed by atoms with Crippen molar-refractivity contribution < 1.29 is 19.1 Å². The Labute approximate surface area is 109 Å². The largest absolute Gasteiger partial charge is 0.463 e. The minimum atomic E-state index is -0.521. The van der Waals surface area contributed by atoms with Crippen LogP contribution in [0.2, 0.25) is 0 Å². The molecule has 0 bridgehead atoms. The van der Waals surface area contributed by atoms with Gasteiger partial charge < -0.3 is 9.47 Å². The van der Waals surface area contributed by atoms with Crippen molar-refractivity contribution in [2.75, 3.05) is 13.2 Å². The van der Waals surface area contributed by atoms with Gasteiger partial charge >= 0.3 is 11.9 Å². The lowest BCUT2D eigenvalue weighted by atomic mass is 10.3. The second-order valence-corrected chi connectivity index (χ2v) is 3.69. The number of carbonyl (C=O) groups excluding carboxylic acids is 2. The van der Waals surface area contributed by atoms with E-state index >= 15 is 0 Å². The molecule has 0 saturated carbocycles. The number of hydrogen-bond acceptors (Lipinski definition) is 4. The van der Waals surface area contributed by atoms with Gasteiger partial charge in [-0.1, -0.05) is 32.4 Å². The van der Waals surface area contributed by atoms with Crippen LogP contribution in [-0.4, -0.2) is 25.2 Å². The van der Waals surface area contributed by atoms with Gasteiger partial charge in [0.05, 0.1) is 13.2 Å². The summed E-state index contributed by atoms with van der Waals surface area (Å²) in [5, 5.41) is 0. The van der Waals surface area contributed by atoms with Gasteiger partial charge in [0.15, 0.2) is 0 Å². The Balaban J connectivity index is 3.66. The van der Waals surface area contributed by atoms with E-state index < -0.39 is 11.9 Å². The van der Waals surface area contributed by atoms with E-state index in [9.17, 15) is 9.59 Å². The highest BCUT2D eigenvalue weighted by molar-refractivity contribution is 5.91. The molecule has 0 radical (unpaired) electrons. The predicted octanol–water partition coefficient (Wildman–Crippen LogP) is 2.79. The van der Waals surface area contributed by atoms with Crippen LogP contribution in [0, 0.1) is 0 Å². The van der Waals surface area contributed by atoms with Crippen LogP contribution < -0.4 is 0 Å². The maximum Gasteiger partial charge on any atom is 0.331 e. The summed E-state index contributed by atoms with van der Waals surface area (Å²) in [5.41, 5.74) is 0. The van der Waals surface area contributed by atoms with Crippen LogP contribution in [0.4, 0.5) is 0 Å². The van der Waals surface area contributed by atoms with E-state index in [2.05, 4.69) is 0 Å². The molecule has 0 N–H and O–H groups in total. The minimum absolute atomic E-state index is 0.324. The quantitative estimate of drug-likeness (QED) is 0.275. The summed E-state index contributed by atoms with van der Waals surface area (Å²) < 4.78 is 9.73. The summed E-state index contributed by atoms with van der Waals surface area (Å²) in [4.78, 5) is 22.3. The number of carbonyl (C=O) groups is 2. The average molecular weight is 254 g/mol. The fourth-order valence-corrected chi connectivity index (χ4v) is 1.06. The lowest BCUT2D eigenvalue weighted by Gasteiger charge is -2.00. The molecule has 4 heteroatoms. The third-order valence-electron chi connectivity index (χ3n) is 2.03. The maximum atomic E-state index is 11.2. The Morgan fingerprint density at radius 3 is 2.11 bits per heavy atom. The molecular formula is C14H22O4. The lowest BCUT2D eigenvalue weighted by Crippen LogP contribution is -2.05. The van der Waals surface area contributed by atoms with Crippen LogP contribution >= 0.6 is 0 Å². The van der Waals surface area contributed by atoms with E-state index in [1.807, 2.05) is 26.0 Å². The first kappa shape index (κ1) is 16.4. The number of unbranched alkanes of at least 4 members (excludes halogenated alkanes) is 1. The third-order valence-corrected chi connectivity index (χ3v) is 2.03.